The second-order valence-corrected chi connectivity index (χ2v) is 6.18. The maximum atomic E-state index is 12.3. The first kappa shape index (κ1) is 19.3. The first-order valence-electron chi connectivity index (χ1n) is 8.37. The minimum absolute atomic E-state index is 0.167. The first-order valence-corrected chi connectivity index (χ1v) is 8.75. The van der Waals surface area contributed by atoms with Crippen LogP contribution < -0.4 is 10.6 Å². The molecule has 28 heavy (non-hydrogen) atoms. The van der Waals surface area contributed by atoms with E-state index in [1.54, 1.807) is 36.4 Å². The number of rotatable bonds is 6. The summed E-state index contributed by atoms with van der Waals surface area (Å²) in [6.45, 7) is 0.492. The average Bonchev–Trinajstić information content (AvgIpc) is 2.73. The molecule has 0 bridgehead atoms. The van der Waals surface area contributed by atoms with Crippen LogP contribution in [-0.2, 0) is 11.3 Å². The summed E-state index contributed by atoms with van der Waals surface area (Å²) in [7, 11) is 1.31. The normalized spacial score (nSPS) is 10.2. The predicted molar refractivity (Wildman–Crippen MR) is 107 cm³/mol. The van der Waals surface area contributed by atoms with E-state index in [0.29, 0.717) is 28.6 Å². The summed E-state index contributed by atoms with van der Waals surface area (Å²) in [5.74, 6) is -0.321. The van der Waals surface area contributed by atoms with E-state index in [9.17, 15) is 9.59 Å². The molecule has 0 aliphatic carbocycles. The van der Waals surface area contributed by atoms with Crippen molar-refractivity contribution in [3.05, 3.63) is 82.5 Å². The van der Waals surface area contributed by atoms with Gasteiger partial charge in [-0.2, -0.15) is 0 Å². The number of amides is 1. The van der Waals surface area contributed by atoms with Gasteiger partial charge in [-0.05, 0) is 48.0 Å². The molecule has 0 aliphatic heterocycles. The highest BCUT2D eigenvalue weighted by Gasteiger charge is 2.10. The molecule has 142 valence electrons. The summed E-state index contributed by atoms with van der Waals surface area (Å²) in [5, 5.41) is 14.4. The topological polar surface area (TPSA) is 93.2 Å². The Morgan fingerprint density at radius 3 is 2.39 bits per heavy atom. The molecule has 3 aromatic rings. The zero-order chi connectivity index (χ0) is 19.9. The summed E-state index contributed by atoms with van der Waals surface area (Å²) in [6, 6.07) is 17.1. The number of anilines is 2. The van der Waals surface area contributed by atoms with E-state index in [-0.39, 0.29) is 5.69 Å². The van der Waals surface area contributed by atoms with Gasteiger partial charge < -0.3 is 15.4 Å². The fourth-order valence-corrected chi connectivity index (χ4v) is 2.58. The molecule has 0 fully saturated rings. The van der Waals surface area contributed by atoms with Crippen LogP contribution in [0.5, 0.6) is 0 Å². The molecule has 0 aliphatic rings. The summed E-state index contributed by atoms with van der Waals surface area (Å²) < 4.78 is 4.63. The van der Waals surface area contributed by atoms with Crippen molar-refractivity contribution >= 4 is 35.0 Å². The fourth-order valence-electron chi connectivity index (χ4n) is 2.38. The largest absolute Gasteiger partial charge is 0.465 e. The van der Waals surface area contributed by atoms with Crippen molar-refractivity contribution in [2.45, 2.75) is 6.54 Å². The van der Waals surface area contributed by atoms with E-state index < -0.39 is 11.9 Å². The molecule has 0 saturated carbocycles. The highest BCUT2D eigenvalue weighted by molar-refractivity contribution is 6.31. The van der Waals surface area contributed by atoms with Crippen LogP contribution in [0, 0.1) is 0 Å². The third-order valence-corrected chi connectivity index (χ3v) is 4.25. The Labute approximate surface area is 166 Å². The van der Waals surface area contributed by atoms with Gasteiger partial charge >= 0.3 is 5.97 Å². The number of hydrogen-bond donors (Lipinski definition) is 2. The van der Waals surface area contributed by atoms with E-state index in [0.717, 1.165) is 5.56 Å². The Balaban J connectivity index is 1.59. The molecule has 0 atom stereocenters. The molecule has 2 aromatic carbocycles. The lowest BCUT2D eigenvalue weighted by molar-refractivity contribution is 0.0600. The number of carbonyl (C=O) groups excluding carboxylic acids is 2. The number of ether oxygens (including phenoxy) is 1. The molecule has 3 rings (SSSR count). The van der Waals surface area contributed by atoms with Crippen LogP contribution in [0.3, 0.4) is 0 Å². The number of esters is 1. The van der Waals surface area contributed by atoms with Crippen LogP contribution in [0.25, 0.3) is 0 Å². The van der Waals surface area contributed by atoms with Crippen LogP contribution in [0.4, 0.5) is 11.5 Å². The fraction of sp³-hybridized carbons (Fsp3) is 0.100. The lowest BCUT2D eigenvalue weighted by Crippen LogP contribution is -2.15. The van der Waals surface area contributed by atoms with Gasteiger partial charge in [0.25, 0.3) is 5.91 Å². The van der Waals surface area contributed by atoms with Crippen LogP contribution in [0.2, 0.25) is 5.02 Å². The molecule has 1 amide bonds. The third kappa shape index (κ3) is 4.83. The van der Waals surface area contributed by atoms with Gasteiger partial charge in [-0.1, -0.05) is 29.8 Å². The van der Waals surface area contributed by atoms with Crippen molar-refractivity contribution in [3.8, 4) is 0 Å². The zero-order valence-corrected chi connectivity index (χ0v) is 15.7. The molecule has 7 nitrogen and oxygen atoms in total. The van der Waals surface area contributed by atoms with Crippen LogP contribution in [0.1, 0.15) is 26.4 Å². The van der Waals surface area contributed by atoms with Crippen molar-refractivity contribution in [2.75, 3.05) is 17.7 Å². The van der Waals surface area contributed by atoms with Gasteiger partial charge in [-0.3, -0.25) is 4.79 Å². The second kappa shape index (κ2) is 8.96. The summed E-state index contributed by atoms with van der Waals surface area (Å²) in [4.78, 5) is 23.7. The number of nitrogens with zero attached hydrogens (tertiary/aromatic N) is 2. The van der Waals surface area contributed by atoms with Gasteiger partial charge in [0.1, 0.15) is 5.82 Å². The third-order valence-electron chi connectivity index (χ3n) is 3.88. The number of aromatic nitrogens is 2. The van der Waals surface area contributed by atoms with Gasteiger partial charge in [0.15, 0.2) is 5.69 Å². The number of halogens is 1. The molecule has 0 saturated heterocycles. The van der Waals surface area contributed by atoms with E-state index in [4.69, 9.17) is 11.6 Å². The standard InChI is InChI=1S/C20H17ClN4O3/c1-28-20(27)13-6-8-15(9-7-13)23-19(26)17-10-11-18(25-24-17)22-12-14-4-2-3-5-16(14)21/h2-11H,12H2,1H3,(H,22,25)(H,23,26). The number of carbonyl (C=O) groups is 2. The highest BCUT2D eigenvalue weighted by atomic mass is 35.5. The second-order valence-electron chi connectivity index (χ2n) is 5.77. The maximum absolute atomic E-state index is 12.3. The van der Waals surface area contributed by atoms with Gasteiger partial charge in [-0.15, -0.1) is 10.2 Å². The van der Waals surface area contributed by atoms with Gasteiger partial charge in [0, 0.05) is 17.3 Å². The Morgan fingerprint density at radius 1 is 1.00 bits per heavy atom. The monoisotopic (exact) mass is 396 g/mol. The van der Waals surface area contributed by atoms with E-state index in [1.165, 1.54) is 7.11 Å². The average molecular weight is 397 g/mol. The Morgan fingerprint density at radius 2 is 1.75 bits per heavy atom. The molecule has 1 heterocycles. The minimum Gasteiger partial charge on any atom is -0.465 e. The lowest BCUT2D eigenvalue weighted by Gasteiger charge is -2.08. The zero-order valence-electron chi connectivity index (χ0n) is 15.0. The van der Waals surface area contributed by atoms with Crippen molar-refractivity contribution in [1.29, 1.82) is 0 Å². The van der Waals surface area contributed by atoms with Crippen LogP contribution in [-0.4, -0.2) is 29.2 Å². The highest BCUT2D eigenvalue weighted by Crippen LogP contribution is 2.16. The van der Waals surface area contributed by atoms with Crippen molar-refractivity contribution < 1.29 is 14.3 Å². The lowest BCUT2D eigenvalue weighted by atomic mass is 10.2. The van der Waals surface area contributed by atoms with Crippen molar-refractivity contribution in [3.63, 3.8) is 0 Å². The first-order chi connectivity index (χ1) is 13.6. The van der Waals surface area contributed by atoms with Gasteiger partial charge in [0.05, 0.1) is 12.7 Å². The quantitative estimate of drug-likeness (QED) is 0.616. The summed E-state index contributed by atoms with van der Waals surface area (Å²) in [6.07, 6.45) is 0. The maximum Gasteiger partial charge on any atom is 0.337 e. The van der Waals surface area contributed by atoms with Crippen molar-refractivity contribution in [1.82, 2.24) is 10.2 Å². The molecular weight excluding hydrogens is 380 g/mol. The van der Waals surface area contributed by atoms with Crippen molar-refractivity contribution in [2.24, 2.45) is 0 Å². The van der Waals surface area contributed by atoms with Crippen LogP contribution in [0.15, 0.2) is 60.7 Å². The van der Waals surface area contributed by atoms with Crippen LogP contribution >= 0.6 is 11.6 Å². The number of nitrogens with one attached hydrogen (secondary N) is 2. The summed E-state index contributed by atoms with van der Waals surface area (Å²) >= 11 is 6.11. The minimum atomic E-state index is -0.441. The molecule has 0 unspecified atom stereocenters. The molecule has 8 heteroatoms. The van der Waals surface area contributed by atoms with E-state index in [1.807, 2.05) is 24.3 Å². The Bertz CT molecular complexity index is 976. The molecule has 2 N–H and O–H groups in total. The molecule has 0 radical (unpaired) electrons. The number of methoxy groups -OCH3 is 1. The van der Waals surface area contributed by atoms with E-state index in [2.05, 4.69) is 25.6 Å². The molecule has 0 spiro atoms. The SMILES string of the molecule is COC(=O)c1ccc(NC(=O)c2ccc(NCc3ccccc3Cl)nn2)cc1. The Kier molecular flexibility index (Phi) is 6.18. The number of hydrogen-bond acceptors (Lipinski definition) is 6. The Hall–Kier alpha value is -3.45. The number of benzene rings is 2. The summed E-state index contributed by atoms with van der Waals surface area (Å²) in [5.41, 5.74) is 2.03. The smallest absolute Gasteiger partial charge is 0.337 e. The molecular formula is C20H17ClN4O3. The predicted octanol–water partition coefficient (Wildman–Crippen LogP) is 3.78. The molecule has 1 aromatic heterocycles. The van der Waals surface area contributed by atoms with E-state index >= 15 is 0 Å². The van der Waals surface area contributed by atoms with Gasteiger partial charge in [-0.25, -0.2) is 4.79 Å². The van der Waals surface area contributed by atoms with Gasteiger partial charge in [0.2, 0.25) is 0 Å².